The lowest BCUT2D eigenvalue weighted by Gasteiger charge is -2.15. The van der Waals surface area contributed by atoms with E-state index in [2.05, 4.69) is 0 Å². The molecule has 2 N–H and O–H groups in total. The summed E-state index contributed by atoms with van der Waals surface area (Å²) in [5, 5.41) is 9.87. The molecule has 0 aliphatic carbocycles. The van der Waals surface area contributed by atoms with Crippen LogP contribution in [0.3, 0.4) is 0 Å². The first-order valence-electron chi connectivity index (χ1n) is 6.55. The summed E-state index contributed by atoms with van der Waals surface area (Å²) in [4.78, 5) is -2.08. The SMILES string of the molecule is COc1ccc(NS(=O)(=O)c2c(F)c(F)c(F)c(F)c2F)c(OC)c1O. The van der Waals surface area contributed by atoms with E-state index < -0.39 is 61.2 Å². The molecule has 142 valence electrons. The molecule has 2 rings (SSSR count). The van der Waals surface area contributed by atoms with Gasteiger partial charge in [0, 0.05) is 0 Å². The van der Waals surface area contributed by atoms with Crippen LogP contribution in [-0.4, -0.2) is 27.7 Å². The van der Waals surface area contributed by atoms with Crippen molar-refractivity contribution in [2.45, 2.75) is 4.90 Å². The van der Waals surface area contributed by atoms with Gasteiger partial charge in [0.1, 0.15) is 0 Å². The summed E-state index contributed by atoms with van der Waals surface area (Å²) in [5.41, 5.74) is -0.533. The molecule has 0 radical (unpaired) electrons. The lowest BCUT2D eigenvalue weighted by atomic mass is 10.2. The minimum absolute atomic E-state index is 0.124. The van der Waals surface area contributed by atoms with E-state index in [4.69, 9.17) is 9.47 Å². The standard InChI is InChI=1S/C14H10F5NO5S/c1-24-6-4-3-5(13(25-2)12(6)21)20-26(22,23)14-10(18)8(16)7(15)9(17)11(14)19/h3-4,20-21H,1-2H3. The van der Waals surface area contributed by atoms with Crippen molar-refractivity contribution in [3.8, 4) is 17.2 Å². The van der Waals surface area contributed by atoms with Crippen molar-refractivity contribution in [3.05, 3.63) is 41.2 Å². The zero-order chi connectivity index (χ0) is 19.8. The van der Waals surface area contributed by atoms with Gasteiger partial charge in [-0.3, -0.25) is 4.72 Å². The van der Waals surface area contributed by atoms with Gasteiger partial charge in [-0.15, -0.1) is 0 Å². The number of phenols is 1. The highest BCUT2D eigenvalue weighted by atomic mass is 32.2. The number of hydrogen-bond donors (Lipinski definition) is 2. The van der Waals surface area contributed by atoms with Crippen molar-refractivity contribution >= 4 is 15.7 Å². The van der Waals surface area contributed by atoms with Crippen LogP contribution in [0.2, 0.25) is 0 Å². The van der Waals surface area contributed by atoms with E-state index in [0.717, 1.165) is 19.2 Å². The summed E-state index contributed by atoms with van der Waals surface area (Å²) in [5.74, 6) is -13.7. The summed E-state index contributed by atoms with van der Waals surface area (Å²) >= 11 is 0. The van der Waals surface area contributed by atoms with Crippen LogP contribution in [0.1, 0.15) is 0 Å². The largest absolute Gasteiger partial charge is 0.502 e. The van der Waals surface area contributed by atoms with E-state index in [0.29, 0.717) is 0 Å². The number of hydrogen-bond acceptors (Lipinski definition) is 5. The number of aromatic hydroxyl groups is 1. The summed E-state index contributed by atoms with van der Waals surface area (Å²) in [6.45, 7) is 0. The number of methoxy groups -OCH3 is 2. The van der Waals surface area contributed by atoms with Crippen molar-refractivity contribution in [1.82, 2.24) is 0 Å². The Bertz CT molecular complexity index is 951. The Kier molecular flexibility index (Phi) is 5.16. The van der Waals surface area contributed by atoms with Gasteiger partial charge < -0.3 is 14.6 Å². The maximum atomic E-state index is 13.7. The van der Waals surface area contributed by atoms with Crippen molar-refractivity contribution < 1.29 is 45.0 Å². The molecule has 0 saturated carbocycles. The lowest BCUT2D eigenvalue weighted by molar-refractivity contribution is 0.341. The van der Waals surface area contributed by atoms with Gasteiger partial charge >= 0.3 is 0 Å². The first kappa shape index (κ1) is 19.6. The molecule has 12 heteroatoms. The van der Waals surface area contributed by atoms with Crippen molar-refractivity contribution in [3.63, 3.8) is 0 Å². The Morgan fingerprint density at radius 2 is 1.38 bits per heavy atom. The van der Waals surface area contributed by atoms with Gasteiger partial charge in [-0.25, -0.2) is 30.4 Å². The molecule has 2 aromatic carbocycles. The van der Waals surface area contributed by atoms with Crippen molar-refractivity contribution in [2.75, 3.05) is 18.9 Å². The Labute approximate surface area is 143 Å². The molecule has 0 heterocycles. The zero-order valence-corrected chi connectivity index (χ0v) is 13.8. The van der Waals surface area contributed by atoms with E-state index in [1.165, 1.54) is 7.11 Å². The van der Waals surface area contributed by atoms with Gasteiger partial charge in [-0.05, 0) is 12.1 Å². The van der Waals surface area contributed by atoms with E-state index in [9.17, 15) is 35.5 Å². The third-order valence-electron chi connectivity index (χ3n) is 3.20. The van der Waals surface area contributed by atoms with Crippen LogP contribution in [0.15, 0.2) is 17.0 Å². The molecule has 0 amide bonds. The molecule has 26 heavy (non-hydrogen) atoms. The van der Waals surface area contributed by atoms with Gasteiger partial charge in [0.15, 0.2) is 39.7 Å². The second kappa shape index (κ2) is 6.86. The van der Waals surface area contributed by atoms with Gasteiger partial charge in [0.05, 0.1) is 19.9 Å². The number of phenolic OH excluding ortho intramolecular Hbond substituents is 1. The molecular weight excluding hydrogens is 389 g/mol. The maximum absolute atomic E-state index is 13.7. The number of anilines is 1. The molecule has 0 atom stereocenters. The maximum Gasteiger partial charge on any atom is 0.268 e. The highest BCUT2D eigenvalue weighted by molar-refractivity contribution is 7.92. The van der Waals surface area contributed by atoms with Gasteiger partial charge in [0.2, 0.25) is 11.6 Å². The second-order valence-corrected chi connectivity index (χ2v) is 6.32. The van der Waals surface area contributed by atoms with Crippen LogP contribution in [0, 0.1) is 29.1 Å². The number of nitrogens with one attached hydrogen (secondary N) is 1. The molecular formula is C14H10F5NO5S. The average molecular weight is 399 g/mol. The van der Waals surface area contributed by atoms with Crippen LogP contribution < -0.4 is 14.2 Å². The Hall–Kier alpha value is -2.76. The Morgan fingerprint density at radius 3 is 1.85 bits per heavy atom. The van der Waals surface area contributed by atoms with E-state index in [1.807, 2.05) is 0 Å². The molecule has 6 nitrogen and oxygen atoms in total. The molecule has 2 aromatic rings. The molecule has 0 unspecified atom stereocenters. The quantitative estimate of drug-likeness (QED) is 0.459. The number of sulfonamides is 1. The van der Waals surface area contributed by atoms with Gasteiger partial charge in [-0.2, -0.15) is 0 Å². The van der Waals surface area contributed by atoms with Crippen LogP contribution in [0.25, 0.3) is 0 Å². The molecule has 0 bridgehead atoms. The Balaban J connectivity index is 2.64. The van der Waals surface area contributed by atoms with Crippen LogP contribution in [0.4, 0.5) is 27.6 Å². The molecule has 0 saturated heterocycles. The molecule has 0 aliphatic rings. The Morgan fingerprint density at radius 1 is 0.885 bits per heavy atom. The number of halogens is 5. The smallest absolute Gasteiger partial charge is 0.268 e. The van der Waals surface area contributed by atoms with Crippen LogP contribution in [-0.2, 0) is 10.0 Å². The highest BCUT2D eigenvalue weighted by Crippen LogP contribution is 2.42. The van der Waals surface area contributed by atoms with Crippen molar-refractivity contribution in [1.29, 1.82) is 0 Å². The van der Waals surface area contributed by atoms with Crippen LogP contribution in [0.5, 0.6) is 17.2 Å². The predicted molar refractivity (Wildman–Crippen MR) is 78.3 cm³/mol. The summed E-state index contributed by atoms with van der Waals surface area (Å²) in [6.07, 6.45) is 0. The normalized spacial score (nSPS) is 11.3. The van der Waals surface area contributed by atoms with Crippen LogP contribution >= 0.6 is 0 Å². The molecule has 0 aliphatic heterocycles. The summed E-state index contributed by atoms with van der Waals surface area (Å²) < 4.78 is 103. The van der Waals surface area contributed by atoms with E-state index >= 15 is 0 Å². The van der Waals surface area contributed by atoms with Crippen molar-refractivity contribution in [2.24, 2.45) is 0 Å². The molecule has 0 spiro atoms. The minimum atomic E-state index is -5.28. The fourth-order valence-corrected chi connectivity index (χ4v) is 3.22. The fourth-order valence-electron chi connectivity index (χ4n) is 2.02. The number of benzene rings is 2. The first-order chi connectivity index (χ1) is 12.1. The lowest BCUT2D eigenvalue weighted by Crippen LogP contribution is -2.20. The zero-order valence-electron chi connectivity index (χ0n) is 13.0. The highest BCUT2D eigenvalue weighted by Gasteiger charge is 2.34. The molecule has 0 fully saturated rings. The van der Waals surface area contributed by atoms with Gasteiger partial charge in [-0.1, -0.05) is 0 Å². The number of rotatable bonds is 5. The topological polar surface area (TPSA) is 84.9 Å². The predicted octanol–water partition coefficient (Wildman–Crippen LogP) is 2.91. The summed E-state index contributed by atoms with van der Waals surface area (Å²) in [7, 11) is -3.06. The van der Waals surface area contributed by atoms with Gasteiger partial charge in [0.25, 0.3) is 10.0 Å². The third-order valence-corrected chi connectivity index (χ3v) is 4.59. The minimum Gasteiger partial charge on any atom is -0.502 e. The fraction of sp³-hybridized carbons (Fsp3) is 0.143. The average Bonchev–Trinajstić information content (AvgIpc) is 2.58. The molecule has 0 aromatic heterocycles. The van der Waals surface area contributed by atoms with E-state index in [-0.39, 0.29) is 5.75 Å². The van der Waals surface area contributed by atoms with E-state index in [1.54, 1.807) is 4.72 Å². The summed E-state index contributed by atoms with van der Waals surface area (Å²) in [6, 6.07) is 2.06. The monoisotopic (exact) mass is 399 g/mol. The third kappa shape index (κ3) is 3.07. The number of ether oxygens (including phenoxy) is 2. The second-order valence-electron chi connectivity index (χ2n) is 4.70. The first-order valence-corrected chi connectivity index (χ1v) is 8.03.